The fourth-order valence-electron chi connectivity index (χ4n) is 1.45. The molecule has 0 saturated carbocycles. The first-order chi connectivity index (χ1) is 8.14. The van der Waals surface area contributed by atoms with E-state index in [1.165, 1.54) is 6.07 Å². The Kier molecular flexibility index (Phi) is 3.74. The lowest BCUT2D eigenvalue weighted by Crippen LogP contribution is -2.28. The lowest BCUT2D eigenvalue weighted by atomic mass is 9.95. The van der Waals surface area contributed by atoms with Crippen LogP contribution in [0.3, 0.4) is 0 Å². The number of nitrogens with one attached hydrogen (secondary N) is 1. The van der Waals surface area contributed by atoms with Crippen LogP contribution in [0.2, 0.25) is 0 Å². The number of nitro benzene ring substituents is 1. The Morgan fingerprint density at radius 1 is 1.22 bits per heavy atom. The summed E-state index contributed by atoms with van der Waals surface area (Å²) in [6.07, 6.45) is 0. The molecule has 5 nitrogen and oxygen atoms in total. The number of benzene rings is 1. The molecule has 1 amide bonds. The fraction of sp³-hybridized carbons (Fsp3) is 0.462. The Bertz CT molecular complexity index is 502. The molecule has 0 bridgehead atoms. The Balaban J connectivity index is 3.11. The molecule has 1 rings (SSSR count). The zero-order valence-corrected chi connectivity index (χ0v) is 11.3. The van der Waals surface area contributed by atoms with Crippen molar-refractivity contribution >= 4 is 17.3 Å². The summed E-state index contributed by atoms with van der Waals surface area (Å²) in [5, 5.41) is 13.6. The molecule has 5 heteroatoms. The Morgan fingerprint density at radius 2 is 1.78 bits per heavy atom. The Morgan fingerprint density at radius 3 is 2.22 bits per heavy atom. The maximum Gasteiger partial charge on any atom is 0.272 e. The monoisotopic (exact) mass is 250 g/mol. The highest BCUT2D eigenvalue weighted by Gasteiger charge is 2.23. The molecule has 0 spiro atoms. The van der Waals surface area contributed by atoms with Gasteiger partial charge in [-0.05, 0) is 25.5 Å². The number of anilines is 1. The minimum atomic E-state index is -0.498. The van der Waals surface area contributed by atoms with E-state index in [4.69, 9.17) is 0 Å². The number of carbonyl (C=O) groups is 1. The molecule has 0 radical (unpaired) electrons. The second kappa shape index (κ2) is 4.76. The van der Waals surface area contributed by atoms with Crippen LogP contribution < -0.4 is 5.32 Å². The molecule has 0 atom stereocenters. The highest BCUT2D eigenvalue weighted by atomic mass is 16.6. The molecule has 1 N–H and O–H groups in total. The van der Waals surface area contributed by atoms with Gasteiger partial charge in [-0.25, -0.2) is 0 Å². The van der Waals surface area contributed by atoms with E-state index in [-0.39, 0.29) is 11.6 Å². The number of hydrogen-bond donors (Lipinski definition) is 1. The van der Waals surface area contributed by atoms with Crippen molar-refractivity contribution in [3.8, 4) is 0 Å². The van der Waals surface area contributed by atoms with Crippen LogP contribution in [0.1, 0.15) is 31.9 Å². The second-order valence-corrected chi connectivity index (χ2v) is 5.34. The first-order valence-electron chi connectivity index (χ1n) is 5.70. The lowest BCUT2D eigenvalue weighted by Gasteiger charge is -2.19. The molecule has 0 aromatic heterocycles. The Hall–Kier alpha value is -1.91. The highest BCUT2D eigenvalue weighted by Crippen LogP contribution is 2.28. The van der Waals surface area contributed by atoms with Crippen LogP contribution in [0, 0.1) is 29.4 Å². The third kappa shape index (κ3) is 2.85. The van der Waals surface area contributed by atoms with Gasteiger partial charge in [-0.15, -0.1) is 0 Å². The molecule has 0 fully saturated rings. The predicted octanol–water partition coefficient (Wildman–Crippen LogP) is 3.20. The van der Waals surface area contributed by atoms with Gasteiger partial charge < -0.3 is 5.32 Å². The number of rotatable bonds is 2. The third-order valence-electron chi connectivity index (χ3n) is 2.88. The zero-order chi connectivity index (χ0) is 14.1. The van der Waals surface area contributed by atoms with E-state index in [2.05, 4.69) is 5.32 Å². The first-order valence-corrected chi connectivity index (χ1v) is 5.70. The molecule has 0 aliphatic heterocycles. The van der Waals surface area contributed by atoms with Gasteiger partial charge in [-0.1, -0.05) is 20.8 Å². The van der Waals surface area contributed by atoms with Crippen LogP contribution in [0.5, 0.6) is 0 Å². The van der Waals surface area contributed by atoms with E-state index in [0.29, 0.717) is 11.3 Å². The van der Waals surface area contributed by atoms with Crippen LogP contribution in [-0.2, 0) is 4.79 Å². The van der Waals surface area contributed by atoms with Crippen molar-refractivity contribution in [1.29, 1.82) is 0 Å². The smallest absolute Gasteiger partial charge is 0.272 e. The third-order valence-corrected chi connectivity index (χ3v) is 2.88. The molecule has 1 aromatic rings. The van der Waals surface area contributed by atoms with Gasteiger partial charge in [-0.3, -0.25) is 14.9 Å². The predicted molar refractivity (Wildman–Crippen MR) is 70.7 cm³/mol. The molecular weight excluding hydrogens is 232 g/mol. The molecule has 0 aliphatic carbocycles. The van der Waals surface area contributed by atoms with E-state index in [1.807, 2.05) is 20.8 Å². The largest absolute Gasteiger partial charge is 0.325 e. The molecular formula is C13H18N2O3. The minimum absolute atomic E-state index is 0.0706. The number of carbonyl (C=O) groups excluding carboxylic acids is 1. The van der Waals surface area contributed by atoms with Crippen molar-refractivity contribution in [2.24, 2.45) is 5.41 Å². The maximum absolute atomic E-state index is 11.9. The molecule has 0 saturated heterocycles. The quantitative estimate of drug-likeness (QED) is 0.647. The second-order valence-electron chi connectivity index (χ2n) is 5.34. The van der Waals surface area contributed by atoms with Crippen molar-refractivity contribution in [3.05, 3.63) is 33.4 Å². The van der Waals surface area contributed by atoms with Crippen molar-refractivity contribution in [1.82, 2.24) is 0 Å². The standard InChI is InChI=1S/C13H18N2O3/c1-8-9(2)11(15(17)18)7-6-10(8)14-12(16)13(3,4)5/h6-7H,1-5H3,(H,14,16). The summed E-state index contributed by atoms with van der Waals surface area (Å²) in [6, 6.07) is 2.99. The van der Waals surface area contributed by atoms with Crippen molar-refractivity contribution < 1.29 is 9.72 Å². The first kappa shape index (κ1) is 14.2. The van der Waals surface area contributed by atoms with Gasteiger partial charge in [0, 0.05) is 22.7 Å². The van der Waals surface area contributed by atoms with Crippen LogP contribution in [0.25, 0.3) is 0 Å². The summed E-state index contributed by atoms with van der Waals surface area (Å²) in [6.45, 7) is 8.89. The molecule has 0 unspecified atom stereocenters. The number of hydrogen-bond acceptors (Lipinski definition) is 3. The number of amides is 1. The molecule has 98 valence electrons. The van der Waals surface area contributed by atoms with Gasteiger partial charge in [0.25, 0.3) is 5.69 Å². The van der Waals surface area contributed by atoms with Gasteiger partial charge in [0.1, 0.15) is 0 Å². The minimum Gasteiger partial charge on any atom is -0.325 e. The van der Waals surface area contributed by atoms with Crippen molar-refractivity contribution in [2.45, 2.75) is 34.6 Å². The van der Waals surface area contributed by atoms with E-state index < -0.39 is 10.3 Å². The van der Waals surface area contributed by atoms with Crippen LogP contribution in [-0.4, -0.2) is 10.8 Å². The van der Waals surface area contributed by atoms with Gasteiger partial charge in [-0.2, -0.15) is 0 Å². The molecule has 18 heavy (non-hydrogen) atoms. The van der Waals surface area contributed by atoms with Crippen molar-refractivity contribution in [2.75, 3.05) is 5.32 Å². The average Bonchev–Trinajstić information content (AvgIpc) is 2.22. The number of nitro groups is 1. The van der Waals surface area contributed by atoms with Gasteiger partial charge in [0.2, 0.25) is 5.91 Å². The topological polar surface area (TPSA) is 72.2 Å². The summed E-state index contributed by atoms with van der Waals surface area (Å²) in [5.41, 5.74) is 1.50. The zero-order valence-electron chi connectivity index (χ0n) is 11.3. The van der Waals surface area contributed by atoms with Crippen LogP contribution in [0.15, 0.2) is 12.1 Å². The summed E-state index contributed by atoms with van der Waals surface area (Å²) in [5.74, 6) is -0.112. The van der Waals surface area contributed by atoms with Gasteiger partial charge in [0.05, 0.1) is 4.92 Å². The van der Waals surface area contributed by atoms with E-state index in [0.717, 1.165) is 5.56 Å². The lowest BCUT2D eigenvalue weighted by molar-refractivity contribution is -0.385. The van der Waals surface area contributed by atoms with Gasteiger partial charge in [0.15, 0.2) is 0 Å². The number of nitrogens with zero attached hydrogens (tertiary/aromatic N) is 1. The SMILES string of the molecule is Cc1c(NC(=O)C(C)(C)C)ccc([N+](=O)[O-])c1C. The molecule has 0 heterocycles. The van der Waals surface area contributed by atoms with Crippen LogP contribution >= 0.6 is 0 Å². The van der Waals surface area contributed by atoms with E-state index in [1.54, 1.807) is 19.9 Å². The highest BCUT2D eigenvalue weighted by molar-refractivity contribution is 5.95. The molecule has 0 aliphatic rings. The van der Waals surface area contributed by atoms with Gasteiger partial charge >= 0.3 is 0 Å². The summed E-state index contributed by atoms with van der Waals surface area (Å²) in [4.78, 5) is 22.2. The van der Waals surface area contributed by atoms with Crippen LogP contribution in [0.4, 0.5) is 11.4 Å². The normalized spacial score (nSPS) is 11.2. The summed E-state index contributed by atoms with van der Waals surface area (Å²) in [7, 11) is 0. The summed E-state index contributed by atoms with van der Waals surface area (Å²) >= 11 is 0. The fourth-order valence-corrected chi connectivity index (χ4v) is 1.45. The van der Waals surface area contributed by atoms with E-state index >= 15 is 0 Å². The average molecular weight is 250 g/mol. The molecule has 1 aromatic carbocycles. The Labute approximate surface area is 106 Å². The van der Waals surface area contributed by atoms with Crippen molar-refractivity contribution in [3.63, 3.8) is 0 Å². The van der Waals surface area contributed by atoms with E-state index in [9.17, 15) is 14.9 Å². The maximum atomic E-state index is 11.9. The summed E-state index contributed by atoms with van der Waals surface area (Å²) < 4.78 is 0.